The van der Waals surface area contributed by atoms with Crippen molar-refractivity contribution in [3.8, 4) is 0 Å². The molecule has 0 fully saturated rings. The molecule has 0 bridgehead atoms. The predicted molar refractivity (Wildman–Crippen MR) is 83.9 cm³/mol. The molecule has 0 aliphatic rings. The number of nitrogens with one attached hydrogen (secondary N) is 1. The van der Waals surface area contributed by atoms with Crippen LogP contribution >= 0.6 is 0 Å². The topological polar surface area (TPSA) is 38.0 Å². The van der Waals surface area contributed by atoms with Crippen LogP contribution in [0.1, 0.15) is 76.0 Å². The smallest absolute Gasteiger partial charge is 0.0460 e. The van der Waals surface area contributed by atoms with E-state index in [0.29, 0.717) is 6.04 Å². The number of aryl methyl sites for hydroxylation is 1. The van der Waals surface area contributed by atoms with Crippen molar-refractivity contribution in [3.63, 3.8) is 0 Å². The number of rotatable bonds is 10. The molecule has 0 heterocycles. The van der Waals surface area contributed by atoms with Crippen LogP contribution < -0.4 is 11.3 Å². The monoisotopic (exact) mass is 262 g/mol. The van der Waals surface area contributed by atoms with Crippen LogP contribution in [0.2, 0.25) is 0 Å². The van der Waals surface area contributed by atoms with Crippen molar-refractivity contribution >= 4 is 0 Å². The van der Waals surface area contributed by atoms with Crippen LogP contribution in [0, 0.1) is 0 Å². The Morgan fingerprint density at radius 1 is 0.947 bits per heavy atom. The van der Waals surface area contributed by atoms with E-state index in [1.165, 1.54) is 49.7 Å². The van der Waals surface area contributed by atoms with Gasteiger partial charge in [0.1, 0.15) is 0 Å². The summed E-state index contributed by atoms with van der Waals surface area (Å²) in [6.45, 7) is 4.44. The van der Waals surface area contributed by atoms with Crippen molar-refractivity contribution in [1.29, 1.82) is 0 Å². The fourth-order valence-corrected chi connectivity index (χ4v) is 2.46. The first-order valence-corrected chi connectivity index (χ1v) is 7.86. The first kappa shape index (κ1) is 16.2. The zero-order valence-corrected chi connectivity index (χ0v) is 12.6. The lowest BCUT2D eigenvalue weighted by atomic mass is 9.98. The molecule has 0 saturated carbocycles. The molecule has 0 amide bonds. The van der Waals surface area contributed by atoms with E-state index in [2.05, 4.69) is 43.5 Å². The van der Waals surface area contributed by atoms with Gasteiger partial charge in [-0.05, 0) is 24.0 Å². The first-order valence-electron chi connectivity index (χ1n) is 7.86. The molecule has 1 atom stereocenters. The normalized spacial score (nSPS) is 12.6. The molecule has 0 aromatic heterocycles. The van der Waals surface area contributed by atoms with E-state index in [9.17, 15) is 0 Å². The summed E-state index contributed by atoms with van der Waals surface area (Å²) in [6.07, 6.45) is 10.2. The van der Waals surface area contributed by atoms with Gasteiger partial charge < -0.3 is 0 Å². The standard InChI is InChI=1S/C17H30N2/c1-3-5-6-7-8-9-10-17(19-18)16-13-11-15(4-2)12-14-16/h11-14,17,19H,3-10,18H2,1-2H3. The molecule has 0 spiro atoms. The van der Waals surface area contributed by atoms with Crippen LogP contribution in [-0.2, 0) is 6.42 Å². The number of unbranched alkanes of at least 4 members (excludes halogenated alkanes) is 5. The Hall–Kier alpha value is -0.860. The lowest BCUT2D eigenvalue weighted by molar-refractivity contribution is 0.477. The van der Waals surface area contributed by atoms with Crippen molar-refractivity contribution < 1.29 is 0 Å². The number of nitrogens with two attached hydrogens (primary N) is 1. The highest BCUT2D eigenvalue weighted by Crippen LogP contribution is 2.20. The summed E-state index contributed by atoms with van der Waals surface area (Å²) >= 11 is 0. The van der Waals surface area contributed by atoms with Crippen LogP contribution in [0.15, 0.2) is 24.3 Å². The van der Waals surface area contributed by atoms with Crippen molar-refractivity contribution in [2.45, 2.75) is 71.3 Å². The van der Waals surface area contributed by atoms with Gasteiger partial charge in [-0.3, -0.25) is 11.3 Å². The van der Waals surface area contributed by atoms with E-state index in [1.54, 1.807) is 0 Å². The SMILES string of the molecule is CCCCCCCCC(NN)c1ccc(CC)cc1. The van der Waals surface area contributed by atoms with Gasteiger partial charge in [0.2, 0.25) is 0 Å². The predicted octanol–water partition coefficient (Wildman–Crippen LogP) is 4.50. The molecule has 1 rings (SSSR count). The zero-order valence-electron chi connectivity index (χ0n) is 12.6. The maximum atomic E-state index is 5.69. The van der Waals surface area contributed by atoms with Crippen LogP contribution in [0.4, 0.5) is 0 Å². The minimum atomic E-state index is 0.303. The van der Waals surface area contributed by atoms with Gasteiger partial charge in [0.15, 0.2) is 0 Å². The molecule has 1 aromatic carbocycles. The summed E-state index contributed by atoms with van der Waals surface area (Å²) in [4.78, 5) is 0. The Bertz CT molecular complexity index is 319. The second-order valence-corrected chi connectivity index (χ2v) is 5.37. The third kappa shape index (κ3) is 6.22. The highest BCUT2D eigenvalue weighted by atomic mass is 15.2. The molecule has 1 unspecified atom stereocenters. The van der Waals surface area contributed by atoms with Gasteiger partial charge in [-0.2, -0.15) is 0 Å². The number of benzene rings is 1. The van der Waals surface area contributed by atoms with Crippen molar-refractivity contribution in [3.05, 3.63) is 35.4 Å². The van der Waals surface area contributed by atoms with Crippen LogP contribution in [0.3, 0.4) is 0 Å². The molecule has 1 aromatic rings. The van der Waals surface area contributed by atoms with E-state index in [1.807, 2.05) is 0 Å². The van der Waals surface area contributed by atoms with E-state index in [4.69, 9.17) is 5.84 Å². The molecule has 2 heteroatoms. The van der Waals surface area contributed by atoms with Gasteiger partial charge in [-0.15, -0.1) is 0 Å². The van der Waals surface area contributed by atoms with E-state index in [-0.39, 0.29) is 0 Å². The summed E-state index contributed by atoms with van der Waals surface area (Å²) in [5, 5.41) is 0. The van der Waals surface area contributed by atoms with E-state index in [0.717, 1.165) is 12.8 Å². The van der Waals surface area contributed by atoms with Gasteiger partial charge in [0.05, 0.1) is 0 Å². The number of hydrazine groups is 1. The molecular formula is C17H30N2. The molecule has 19 heavy (non-hydrogen) atoms. The van der Waals surface area contributed by atoms with Crippen molar-refractivity contribution in [2.24, 2.45) is 5.84 Å². The van der Waals surface area contributed by atoms with Crippen LogP contribution in [0.5, 0.6) is 0 Å². The molecule has 0 radical (unpaired) electrons. The highest BCUT2D eigenvalue weighted by molar-refractivity contribution is 5.24. The third-order valence-electron chi connectivity index (χ3n) is 3.84. The van der Waals surface area contributed by atoms with Crippen molar-refractivity contribution in [1.82, 2.24) is 5.43 Å². The molecule has 0 saturated heterocycles. The summed E-state index contributed by atoms with van der Waals surface area (Å²) < 4.78 is 0. The second kappa shape index (κ2) is 9.99. The van der Waals surface area contributed by atoms with Gasteiger partial charge >= 0.3 is 0 Å². The van der Waals surface area contributed by atoms with Crippen LogP contribution in [-0.4, -0.2) is 0 Å². The zero-order chi connectivity index (χ0) is 13.9. The van der Waals surface area contributed by atoms with Gasteiger partial charge in [0.25, 0.3) is 0 Å². The quantitative estimate of drug-likeness (QED) is 0.370. The molecule has 0 aliphatic heterocycles. The van der Waals surface area contributed by atoms with Gasteiger partial charge in [-0.1, -0.05) is 76.6 Å². The van der Waals surface area contributed by atoms with E-state index >= 15 is 0 Å². The maximum Gasteiger partial charge on any atom is 0.0460 e. The molecule has 0 aliphatic carbocycles. The molecule has 2 nitrogen and oxygen atoms in total. The fourth-order valence-electron chi connectivity index (χ4n) is 2.46. The van der Waals surface area contributed by atoms with Gasteiger partial charge in [-0.25, -0.2) is 0 Å². The lowest BCUT2D eigenvalue weighted by Gasteiger charge is -2.16. The Kier molecular flexibility index (Phi) is 8.52. The van der Waals surface area contributed by atoms with Crippen molar-refractivity contribution in [2.75, 3.05) is 0 Å². The summed E-state index contributed by atoms with van der Waals surface area (Å²) in [5.41, 5.74) is 5.66. The lowest BCUT2D eigenvalue weighted by Crippen LogP contribution is -2.27. The molecule has 108 valence electrons. The average Bonchev–Trinajstić information content (AvgIpc) is 2.47. The summed E-state index contributed by atoms with van der Waals surface area (Å²) in [5.74, 6) is 5.69. The van der Waals surface area contributed by atoms with Crippen LogP contribution in [0.25, 0.3) is 0 Å². The number of hydrogen-bond acceptors (Lipinski definition) is 2. The third-order valence-corrected chi connectivity index (χ3v) is 3.84. The fraction of sp³-hybridized carbons (Fsp3) is 0.647. The van der Waals surface area contributed by atoms with E-state index < -0.39 is 0 Å². The maximum absolute atomic E-state index is 5.69. The first-order chi connectivity index (χ1) is 9.31. The largest absolute Gasteiger partial charge is 0.271 e. The highest BCUT2D eigenvalue weighted by Gasteiger charge is 2.08. The second-order valence-electron chi connectivity index (χ2n) is 5.37. The Morgan fingerprint density at radius 2 is 1.58 bits per heavy atom. The summed E-state index contributed by atoms with van der Waals surface area (Å²) in [6, 6.07) is 9.14. The summed E-state index contributed by atoms with van der Waals surface area (Å²) in [7, 11) is 0. The minimum absolute atomic E-state index is 0.303. The minimum Gasteiger partial charge on any atom is -0.271 e. The molecular weight excluding hydrogens is 232 g/mol. The molecule has 3 N–H and O–H groups in total. The Labute approximate surface area is 118 Å². The Morgan fingerprint density at radius 3 is 2.16 bits per heavy atom. The van der Waals surface area contributed by atoms with Gasteiger partial charge in [0, 0.05) is 6.04 Å². The average molecular weight is 262 g/mol. The number of hydrogen-bond donors (Lipinski definition) is 2. The Balaban J connectivity index is 2.31.